The molecular formula is C19H29ClN2O2. The number of hydrogen-bond acceptors (Lipinski definition) is 3. The van der Waals surface area contributed by atoms with Crippen molar-refractivity contribution >= 4 is 17.7 Å². The van der Waals surface area contributed by atoms with Gasteiger partial charge in [-0.3, -0.25) is 9.80 Å². The van der Waals surface area contributed by atoms with Gasteiger partial charge in [0.05, 0.1) is 0 Å². The zero-order chi connectivity index (χ0) is 17.4. The molecule has 0 radical (unpaired) electrons. The van der Waals surface area contributed by atoms with Crippen molar-refractivity contribution < 1.29 is 9.53 Å². The van der Waals surface area contributed by atoms with E-state index in [1.807, 2.05) is 31.2 Å². The molecule has 0 bridgehead atoms. The highest BCUT2D eigenvalue weighted by Crippen LogP contribution is 2.17. The van der Waals surface area contributed by atoms with Crippen molar-refractivity contribution in [3.05, 3.63) is 35.4 Å². The lowest BCUT2D eigenvalue weighted by molar-refractivity contribution is 0.0621. The molecule has 1 atom stereocenters. The van der Waals surface area contributed by atoms with Gasteiger partial charge >= 0.3 is 6.09 Å². The van der Waals surface area contributed by atoms with Crippen LogP contribution in [-0.4, -0.2) is 47.6 Å². The molecule has 0 spiro atoms. The minimum atomic E-state index is -0.316. The first-order valence-corrected chi connectivity index (χ1v) is 9.39. The first-order valence-electron chi connectivity index (χ1n) is 8.96. The molecule has 1 amide bonds. The summed E-state index contributed by atoms with van der Waals surface area (Å²) in [7, 11) is 0. The second-order valence-electron chi connectivity index (χ2n) is 6.47. The summed E-state index contributed by atoms with van der Waals surface area (Å²) >= 11 is 6.41. The number of ether oxygens (including phenoxy) is 1. The number of nitrogens with zero attached hydrogens (tertiary/aromatic N) is 2. The molecule has 1 unspecified atom stereocenters. The fraction of sp³-hybridized carbons (Fsp3) is 0.632. The quantitative estimate of drug-likeness (QED) is 0.414. The topological polar surface area (TPSA) is 32.8 Å². The minimum Gasteiger partial charge on any atom is -0.444 e. The van der Waals surface area contributed by atoms with Crippen LogP contribution in [0.25, 0.3) is 0 Å². The Balaban J connectivity index is 1.75. The van der Waals surface area contributed by atoms with Crippen LogP contribution in [0.4, 0.5) is 4.79 Å². The van der Waals surface area contributed by atoms with E-state index in [-0.39, 0.29) is 11.6 Å². The molecule has 2 rings (SSSR count). The molecular weight excluding hydrogens is 324 g/mol. The van der Waals surface area contributed by atoms with E-state index in [1.54, 1.807) is 4.90 Å². The Morgan fingerprint density at radius 1 is 1.25 bits per heavy atom. The minimum absolute atomic E-state index is 0.298. The molecule has 1 fully saturated rings. The molecule has 1 saturated heterocycles. The van der Waals surface area contributed by atoms with Gasteiger partial charge in [-0.05, 0) is 31.0 Å². The molecule has 0 N–H and O–H groups in total. The highest BCUT2D eigenvalue weighted by Gasteiger charge is 2.29. The Kier molecular flexibility index (Phi) is 7.86. The molecule has 0 aliphatic carbocycles. The van der Waals surface area contributed by atoms with E-state index in [9.17, 15) is 4.79 Å². The molecule has 4 nitrogen and oxygen atoms in total. The standard InChI is InChI=1S/C19H29ClN2O2/c1-3-4-5-8-11-21-12-13-22(18(20)14-21)19(23)24-15-17-10-7-6-9-16(17)2/h6-7,9-10,18H,3-5,8,11-15H2,1-2H3. The monoisotopic (exact) mass is 352 g/mol. The fourth-order valence-corrected chi connectivity index (χ4v) is 3.33. The van der Waals surface area contributed by atoms with Gasteiger partial charge in [-0.2, -0.15) is 0 Å². The Morgan fingerprint density at radius 2 is 2.04 bits per heavy atom. The summed E-state index contributed by atoms with van der Waals surface area (Å²) in [6.45, 7) is 7.82. The number of rotatable bonds is 7. The largest absolute Gasteiger partial charge is 0.444 e. The van der Waals surface area contributed by atoms with Crippen molar-refractivity contribution in [2.24, 2.45) is 0 Å². The maximum absolute atomic E-state index is 12.3. The summed E-state index contributed by atoms with van der Waals surface area (Å²) in [4.78, 5) is 16.3. The molecule has 1 aromatic rings. The van der Waals surface area contributed by atoms with Crippen molar-refractivity contribution in [3.63, 3.8) is 0 Å². The summed E-state index contributed by atoms with van der Waals surface area (Å²) in [6, 6.07) is 7.94. The van der Waals surface area contributed by atoms with Crippen LogP contribution in [0.1, 0.15) is 43.7 Å². The lowest BCUT2D eigenvalue weighted by atomic mass is 10.1. The normalized spacial score (nSPS) is 18.6. The van der Waals surface area contributed by atoms with E-state index in [0.29, 0.717) is 19.7 Å². The number of alkyl halides is 1. The van der Waals surface area contributed by atoms with Gasteiger partial charge in [0.15, 0.2) is 0 Å². The number of unbranched alkanes of at least 4 members (excludes halogenated alkanes) is 3. The Morgan fingerprint density at radius 3 is 2.75 bits per heavy atom. The van der Waals surface area contributed by atoms with Crippen LogP contribution < -0.4 is 0 Å². The molecule has 0 aromatic heterocycles. The van der Waals surface area contributed by atoms with E-state index in [2.05, 4.69) is 11.8 Å². The van der Waals surface area contributed by atoms with Crippen molar-refractivity contribution in [3.8, 4) is 0 Å². The molecule has 1 aliphatic rings. The third kappa shape index (κ3) is 5.67. The summed E-state index contributed by atoms with van der Waals surface area (Å²) in [5.74, 6) is 0. The van der Waals surface area contributed by atoms with Crippen molar-refractivity contribution in [2.75, 3.05) is 26.2 Å². The summed E-state index contributed by atoms with van der Waals surface area (Å²) < 4.78 is 5.45. The highest BCUT2D eigenvalue weighted by molar-refractivity contribution is 6.21. The lowest BCUT2D eigenvalue weighted by Gasteiger charge is -2.37. The van der Waals surface area contributed by atoms with Crippen LogP contribution in [0.5, 0.6) is 0 Å². The third-order valence-corrected chi connectivity index (χ3v) is 4.95. The van der Waals surface area contributed by atoms with Gasteiger partial charge in [0, 0.05) is 19.6 Å². The van der Waals surface area contributed by atoms with E-state index in [0.717, 1.165) is 24.2 Å². The number of aryl methyl sites for hydroxylation is 1. The Labute approximate surface area is 150 Å². The first kappa shape index (κ1) is 19.1. The first-order chi connectivity index (χ1) is 11.6. The SMILES string of the molecule is CCCCCCN1CCN(C(=O)OCc2ccccc2C)C(Cl)C1. The molecule has 1 aliphatic heterocycles. The maximum atomic E-state index is 12.3. The second-order valence-corrected chi connectivity index (χ2v) is 6.97. The second kappa shape index (κ2) is 9.90. The lowest BCUT2D eigenvalue weighted by Crippen LogP contribution is -2.53. The molecule has 1 aromatic carbocycles. The average Bonchev–Trinajstić information content (AvgIpc) is 2.58. The predicted molar refractivity (Wildman–Crippen MR) is 98.3 cm³/mol. The predicted octanol–water partition coefficient (Wildman–Crippen LogP) is 4.39. The van der Waals surface area contributed by atoms with Crippen molar-refractivity contribution in [2.45, 2.75) is 51.6 Å². The van der Waals surface area contributed by atoms with Gasteiger partial charge < -0.3 is 4.74 Å². The highest BCUT2D eigenvalue weighted by atomic mass is 35.5. The Bertz CT molecular complexity index is 524. The van der Waals surface area contributed by atoms with Gasteiger partial charge in [-0.1, -0.05) is 62.1 Å². The van der Waals surface area contributed by atoms with Gasteiger partial charge in [-0.15, -0.1) is 0 Å². The van der Waals surface area contributed by atoms with Crippen LogP contribution in [0.3, 0.4) is 0 Å². The van der Waals surface area contributed by atoms with E-state index in [1.165, 1.54) is 25.7 Å². The van der Waals surface area contributed by atoms with E-state index >= 15 is 0 Å². The van der Waals surface area contributed by atoms with E-state index < -0.39 is 0 Å². The summed E-state index contributed by atoms with van der Waals surface area (Å²) in [5, 5.41) is 0. The van der Waals surface area contributed by atoms with Gasteiger partial charge in [0.1, 0.15) is 12.1 Å². The number of halogens is 1. The number of piperazine rings is 1. The Hall–Kier alpha value is -1.26. The zero-order valence-electron chi connectivity index (χ0n) is 14.8. The number of amides is 1. The zero-order valence-corrected chi connectivity index (χ0v) is 15.6. The van der Waals surface area contributed by atoms with E-state index in [4.69, 9.17) is 16.3 Å². The average molecular weight is 353 g/mol. The van der Waals surface area contributed by atoms with Gasteiger partial charge in [0.25, 0.3) is 0 Å². The maximum Gasteiger partial charge on any atom is 0.411 e. The summed E-state index contributed by atoms with van der Waals surface area (Å²) in [6.07, 6.45) is 4.69. The molecule has 24 heavy (non-hydrogen) atoms. The number of hydrogen-bond donors (Lipinski definition) is 0. The number of benzene rings is 1. The van der Waals surface area contributed by atoms with Crippen molar-refractivity contribution in [1.82, 2.24) is 9.80 Å². The summed E-state index contributed by atoms with van der Waals surface area (Å²) in [5.41, 5.74) is 1.85. The van der Waals surface area contributed by atoms with Crippen LogP contribution >= 0.6 is 11.6 Å². The van der Waals surface area contributed by atoms with Crippen LogP contribution in [0.15, 0.2) is 24.3 Å². The van der Waals surface area contributed by atoms with Gasteiger partial charge in [-0.25, -0.2) is 4.79 Å². The molecule has 5 heteroatoms. The van der Waals surface area contributed by atoms with Gasteiger partial charge in [0.2, 0.25) is 0 Å². The number of carbonyl (C=O) groups excluding carboxylic acids is 1. The fourth-order valence-electron chi connectivity index (χ4n) is 2.96. The van der Waals surface area contributed by atoms with Crippen LogP contribution in [0, 0.1) is 6.92 Å². The van der Waals surface area contributed by atoms with Crippen molar-refractivity contribution in [1.29, 1.82) is 0 Å². The third-order valence-electron chi connectivity index (χ3n) is 4.58. The smallest absolute Gasteiger partial charge is 0.411 e. The number of carbonyl (C=O) groups is 1. The van der Waals surface area contributed by atoms with Crippen LogP contribution in [-0.2, 0) is 11.3 Å². The molecule has 1 heterocycles. The van der Waals surface area contributed by atoms with Crippen LogP contribution in [0.2, 0.25) is 0 Å². The molecule has 0 saturated carbocycles. The molecule has 134 valence electrons.